The maximum Gasteiger partial charge on any atom is 0.303 e. The summed E-state index contributed by atoms with van der Waals surface area (Å²) in [4.78, 5) is 72.8. The number of hydrogen-bond acceptors (Lipinski definition) is 14. The van der Waals surface area contributed by atoms with Crippen LogP contribution in [0.1, 0.15) is 60.3 Å². The molecule has 2 aromatic rings. The van der Waals surface area contributed by atoms with Crippen molar-refractivity contribution in [2.45, 2.75) is 64.9 Å². The average molecular weight is 585 g/mol. The van der Waals surface area contributed by atoms with E-state index in [4.69, 9.17) is 23.7 Å². The molecule has 1 aromatic heterocycles. The fourth-order valence-electron chi connectivity index (χ4n) is 4.57. The number of ether oxygens (including phenoxy) is 5. The molecule has 1 aliphatic carbocycles. The van der Waals surface area contributed by atoms with Crippen LogP contribution in [-0.2, 0) is 49.4 Å². The Kier molecular flexibility index (Phi) is 9.10. The monoisotopic (exact) mass is 584 g/mol. The van der Waals surface area contributed by atoms with Gasteiger partial charge in [-0.15, -0.1) is 5.10 Å². The number of rotatable bonds is 9. The van der Waals surface area contributed by atoms with E-state index in [9.17, 15) is 28.8 Å². The number of Topliss-reactive ketones (excluding diaryl/α,β-unsaturated/α-hetero) is 1. The van der Waals surface area contributed by atoms with Gasteiger partial charge in [-0.1, -0.05) is 29.5 Å². The topological polar surface area (TPSA) is 191 Å². The van der Waals surface area contributed by atoms with E-state index in [1.54, 1.807) is 24.3 Å². The Balaban J connectivity index is 1.60. The van der Waals surface area contributed by atoms with Gasteiger partial charge in [0.2, 0.25) is 5.78 Å². The lowest BCUT2D eigenvalue weighted by molar-refractivity contribution is -0.270. The zero-order valence-electron chi connectivity index (χ0n) is 23.1. The lowest BCUT2D eigenvalue weighted by atomic mass is 9.93. The van der Waals surface area contributed by atoms with Gasteiger partial charge >= 0.3 is 23.9 Å². The summed E-state index contributed by atoms with van der Waals surface area (Å²) in [5.74, 6) is -3.63. The number of nitrogens with one attached hydrogen (secondary N) is 1. The number of nitrogens with zero attached hydrogens (tertiary/aromatic N) is 3. The first kappa shape index (κ1) is 30.0. The summed E-state index contributed by atoms with van der Waals surface area (Å²) in [6, 6.07) is 6.46. The highest BCUT2D eigenvalue weighted by molar-refractivity contribution is 6.24. The Bertz CT molecular complexity index is 1450. The molecular formula is C27H28N4O11. The lowest BCUT2D eigenvalue weighted by Crippen LogP contribution is -2.60. The Labute approximate surface area is 239 Å². The van der Waals surface area contributed by atoms with Crippen molar-refractivity contribution in [2.24, 2.45) is 0 Å². The van der Waals surface area contributed by atoms with Gasteiger partial charge in [-0.05, 0) is 0 Å². The molecule has 4 rings (SSSR count). The maximum absolute atomic E-state index is 12.9. The molecule has 1 fully saturated rings. The normalized spacial score (nSPS) is 23.2. The molecule has 15 heteroatoms. The summed E-state index contributed by atoms with van der Waals surface area (Å²) < 4.78 is 28.5. The molecule has 2 heterocycles. The fraction of sp³-hybridized carbons (Fsp3) is 0.407. The van der Waals surface area contributed by atoms with Crippen LogP contribution in [0.15, 0.2) is 42.2 Å². The second kappa shape index (κ2) is 12.7. The van der Waals surface area contributed by atoms with Crippen molar-refractivity contribution in [1.82, 2.24) is 20.3 Å². The third kappa shape index (κ3) is 6.86. The summed E-state index contributed by atoms with van der Waals surface area (Å²) in [7, 11) is 0. The van der Waals surface area contributed by atoms with E-state index in [0.29, 0.717) is 11.3 Å². The summed E-state index contributed by atoms with van der Waals surface area (Å²) in [6.45, 7) is 4.10. The first-order valence-corrected chi connectivity index (χ1v) is 12.8. The van der Waals surface area contributed by atoms with Gasteiger partial charge in [0.1, 0.15) is 18.4 Å². The van der Waals surface area contributed by atoms with Crippen LogP contribution < -0.4 is 5.32 Å². The van der Waals surface area contributed by atoms with Crippen LogP contribution in [0.3, 0.4) is 0 Å². The predicted octanol–water partition coefficient (Wildman–Crippen LogP) is 0.586. The van der Waals surface area contributed by atoms with Crippen LogP contribution in [0, 0.1) is 0 Å². The minimum Gasteiger partial charge on any atom is -0.463 e. The predicted molar refractivity (Wildman–Crippen MR) is 137 cm³/mol. The Morgan fingerprint density at radius 2 is 1.50 bits per heavy atom. The van der Waals surface area contributed by atoms with E-state index < -0.39 is 61.1 Å². The standard InChI is InChI=1S/C27H28N4O11/c1-13(32)38-12-22-24(39-14(2)33)25(40-15(3)34)26(41-16(4)35)27(42-22)31-11-17(29-30-31)10-28-20-9-21(36)18-7-5-6-8-19(18)23(20)37/h5-9,11,22,24-28H,10,12H2,1-4H3/t22-,24-,25+,26-,27?/m1/s1. The molecule has 15 nitrogen and oxygen atoms in total. The van der Waals surface area contributed by atoms with E-state index in [0.717, 1.165) is 20.8 Å². The molecule has 0 bridgehead atoms. The minimum absolute atomic E-state index is 0.0295. The second-order valence-corrected chi connectivity index (χ2v) is 9.43. The quantitative estimate of drug-likeness (QED) is 0.318. The summed E-state index contributed by atoms with van der Waals surface area (Å²) in [6.07, 6.45) is -3.90. The number of ketones is 2. The van der Waals surface area contributed by atoms with Gasteiger partial charge in [-0.2, -0.15) is 0 Å². The first-order chi connectivity index (χ1) is 19.9. The molecule has 222 valence electrons. The Morgan fingerprint density at radius 3 is 2.14 bits per heavy atom. The minimum atomic E-state index is -1.38. The van der Waals surface area contributed by atoms with E-state index in [2.05, 4.69) is 15.6 Å². The second-order valence-electron chi connectivity index (χ2n) is 9.43. The molecule has 1 aromatic carbocycles. The van der Waals surface area contributed by atoms with Gasteiger partial charge in [0.25, 0.3) is 0 Å². The molecule has 5 atom stereocenters. The average Bonchev–Trinajstić information content (AvgIpc) is 3.39. The molecule has 1 aliphatic heterocycles. The number of hydrogen-bond donors (Lipinski definition) is 1. The van der Waals surface area contributed by atoms with Crippen LogP contribution in [0.25, 0.3) is 0 Å². The van der Waals surface area contributed by atoms with E-state index in [1.807, 2.05) is 0 Å². The number of carbonyl (C=O) groups excluding carboxylic acids is 6. The molecule has 0 spiro atoms. The number of carbonyl (C=O) groups is 6. The molecular weight excluding hydrogens is 556 g/mol. The van der Waals surface area contributed by atoms with Crippen LogP contribution in [0.5, 0.6) is 0 Å². The van der Waals surface area contributed by atoms with Gasteiger partial charge < -0.3 is 29.0 Å². The van der Waals surface area contributed by atoms with Crippen LogP contribution in [0.4, 0.5) is 0 Å². The highest BCUT2D eigenvalue weighted by atomic mass is 16.7. The van der Waals surface area contributed by atoms with Crippen molar-refractivity contribution < 1.29 is 52.5 Å². The van der Waals surface area contributed by atoms with Crippen molar-refractivity contribution in [3.8, 4) is 0 Å². The van der Waals surface area contributed by atoms with Crippen LogP contribution >= 0.6 is 0 Å². The van der Waals surface area contributed by atoms with Crippen molar-refractivity contribution in [3.63, 3.8) is 0 Å². The largest absolute Gasteiger partial charge is 0.463 e. The molecule has 1 N–H and O–H groups in total. The molecule has 2 aliphatic rings. The number of aromatic nitrogens is 3. The third-order valence-electron chi connectivity index (χ3n) is 6.20. The van der Waals surface area contributed by atoms with Gasteiger partial charge in [-0.3, -0.25) is 28.8 Å². The van der Waals surface area contributed by atoms with Crippen molar-refractivity contribution in [3.05, 3.63) is 59.1 Å². The van der Waals surface area contributed by atoms with Crippen LogP contribution in [0.2, 0.25) is 0 Å². The molecule has 0 radical (unpaired) electrons. The number of esters is 4. The van der Waals surface area contributed by atoms with Crippen molar-refractivity contribution in [1.29, 1.82) is 0 Å². The SMILES string of the molecule is CC(=O)OC[C@H]1OC(n2cc(CNC3=CC(=O)c4ccccc4C3=O)nn2)[C@H](OC(C)=O)[C@@H](OC(C)=O)[C@@H]1OC(C)=O. The smallest absolute Gasteiger partial charge is 0.303 e. The maximum atomic E-state index is 12.9. The van der Waals surface area contributed by atoms with Gasteiger partial charge in [0.15, 0.2) is 30.3 Å². The molecule has 0 amide bonds. The van der Waals surface area contributed by atoms with E-state index >= 15 is 0 Å². The van der Waals surface area contributed by atoms with Gasteiger partial charge in [-0.25, -0.2) is 4.68 Å². The molecule has 42 heavy (non-hydrogen) atoms. The lowest BCUT2D eigenvalue weighted by Gasteiger charge is -2.44. The summed E-state index contributed by atoms with van der Waals surface area (Å²) in [5, 5.41) is 11.0. The first-order valence-electron chi connectivity index (χ1n) is 12.8. The van der Waals surface area contributed by atoms with Gasteiger partial charge in [0, 0.05) is 44.9 Å². The Morgan fingerprint density at radius 1 is 0.881 bits per heavy atom. The number of benzene rings is 1. The zero-order chi connectivity index (χ0) is 30.6. The number of fused-ring (bicyclic) bond motifs is 1. The Hall–Kier alpha value is -4.92. The summed E-state index contributed by atoms with van der Waals surface area (Å²) >= 11 is 0. The van der Waals surface area contributed by atoms with Gasteiger partial charge in [0.05, 0.1) is 18.4 Å². The highest BCUT2D eigenvalue weighted by Gasteiger charge is 2.53. The fourth-order valence-corrected chi connectivity index (χ4v) is 4.57. The van der Waals surface area contributed by atoms with Crippen molar-refractivity contribution >= 4 is 35.4 Å². The van der Waals surface area contributed by atoms with Crippen molar-refractivity contribution in [2.75, 3.05) is 6.61 Å². The summed E-state index contributed by atoms with van der Waals surface area (Å²) in [5.41, 5.74) is 0.944. The zero-order valence-corrected chi connectivity index (χ0v) is 23.1. The highest BCUT2D eigenvalue weighted by Crippen LogP contribution is 2.34. The van der Waals surface area contributed by atoms with E-state index in [-0.39, 0.29) is 29.4 Å². The van der Waals surface area contributed by atoms with E-state index in [1.165, 1.54) is 23.9 Å². The number of allylic oxidation sites excluding steroid dienone is 2. The molecule has 0 saturated carbocycles. The van der Waals surface area contributed by atoms with Crippen LogP contribution in [-0.4, -0.2) is 81.5 Å². The third-order valence-corrected chi connectivity index (χ3v) is 6.20. The molecule has 1 saturated heterocycles. The molecule has 1 unspecified atom stereocenters.